The van der Waals surface area contributed by atoms with Crippen molar-refractivity contribution in [2.75, 3.05) is 10.6 Å². The van der Waals surface area contributed by atoms with Crippen molar-refractivity contribution in [3.05, 3.63) is 59.0 Å². The lowest BCUT2D eigenvalue weighted by molar-refractivity contribution is -0.119. The van der Waals surface area contributed by atoms with E-state index in [2.05, 4.69) is 30.7 Å². The number of nitrogens with zero attached hydrogens (tertiary/aromatic N) is 5. The standard InChI is InChI=1S/C24H18F3N7O2/c1-24-6-5-16(35)29-20-18(24)21(30-17(36)8-24)32-22(31-20)19-12-7-11(25)9-28-23(12)34(33-19)10-13-14(26)3-2-4-15(13)27/h2-4,7,9H,5-6,8,10H2,1H3,(H2,29,30,31,32,35,36). The highest BCUT2D eigenvalue weighted by Gasteiger charge is 2.42. The van der Waals surface area contributed by atoms with Gasteiger partial charge in [-0.15, -0.1) is 0 Å². The normalized spacial score (nSPS) is 19.0. The van der Waals surface area contributed by atoms with Crippen molar-refractivity contribution in [3.63, 3.8) is 0 Å². The highest BCUT2D eigenvalue weighted by molar-refractivity contribution is 6.00. The lowest BCUT2D eigenvalue weighted by Crippen LogP contribution is -2.35. The van der Waals surface area contributed by atoms with Gasteiger partial charge in [-0.1, -0.05) is 13.0 Å². The first kappa shape index (κ1) is 22.1. The third-order valence-electron chi connectivity index (χ3n) is 6.62. The predicted octanol–water partition coefficient (Wildman–Crippen LogP) is 3.69. The van der Waals surface area contributed by atoms with Crippen molar-refractivity contribution in [2.45, 2.75) is 38.1 Å². The van der Waals surface area contributed by atoms with Crippen LogP contribution >= 0.6 is 0 Å². The number of aromatic nitrogens is 5. The van der Waals surface area contributed by atoms with E-state index in [0.717, 1.165) is 18.3 Å². The fourth-order valence-corrected chi connectivity index (χ4v) is 4.88. The number of pyridine rings is 1. The zero-order chi connectivity index (χ0) is 25.2. The van der Waals surface area contributed by atoms with Crippen molar-refractivity contribution >= 4 is 34.5 Å². The minimum Gasteiger partial charge on any atom is -0.310 e. The molecule has 12 heteroatoms. The Morgan fingerprint density at radius 2 is 1.75 bits per heavy atom. The van der Waals surface area contributed by atoms with Gasteiger partial charge in [0.1, 0.15) is 34.8 Å². The largest absolute Gasteiger partial charge is 0.310 e. The van der Waals surface area contributed by atoms with Gasteiger partial charge in [0, 0.05) is 29.4 Å². The van der Waals surface area contributed by atoms with Gasteiger partial charge in [-0.2, -0.15) is 5.10 Å². The van der Waals surface area contributed by atoms with Crippen LogP contribution in [0.1, 0.15) is 37.3 Å². The molecule has 2 aliphatic rings. The Balaban J connectivity index is 1.56. The number of halogens is 3. The number of rotatable bonds is 3. The molecule has 0 aliphatic carbocycles. The van der Waals surface area contributed by atoms with E-state index in [1.807, 2.05) is 6.92 Å². The topological polar surface area (TPSA) is 115 Å². The van der Waals surface area contributed by atoms with E-state index in [0.29, 0.717) is 12.0 Å². The van der Waals surface area contributed by atoms with Crippen LogP contribution < -0.4 is 10.6 Å². The monoisotopic (exact) mass is 493 g/mol. The quantitative estimate of drug-likeness (QED) is 0.450. The van der Waals surface area contributed by atoms with Crippen LogP contribution in [0.2, 0.25) is 0 Å². The van der Waals surface area contributed by atoms with Crippen LogP contribution in [0, 0.1) is 17.5 Å². The van der Waals surface area contributed by atoms with Crippen LogP contribution in [0.5, 0.6) is 0 Å². The molecule has 36 heavy (non-hydrogen) atoms. The summed E-state index contributed by atoms with van der Waals surface area (Å²) in [5.74, 6) is -2.27. The van der Waals surface area contributed by atoms with Crippen molar-refractivity contribution < 1.29 is 22.8 Å². The molecule has 4 aromatic rings. The average molecular weight is 493 g/mol. The SMILES string of the molecule is CC12CCC(=O)Nc3nc(-c4nn(Cc5c(F)cccc5F)c5ncc(F)cc45)nc(c31)NC(=O)C2. The summed E-state index contributed by atoms with van der Waals surface area (Å²) in [6.45, 7) is 1.56. The maximum atomic E-state index is 14.3. The molecule has 2 N–H and O–H groups in total. The Hall–Kier alpha value is -4.35. The van der Waals surface area contributed by atoms with E-state index < -0.39 is 22.9 Å². The number of anilines is 2. The molecule has 6 rings (SSSR count). The number of hydrogen-bond acceptors (Lipinski definition) is 6. The average Bonchev–Trinajstić information content (AvgIpc) is 3.10. The fourth-order valence-electron chi connectivity index (χ4n) is 4.88. The van der Waals surface area contributed by atoms with Gasteiger partial charge < -0.3 is 10.6 Å². The molecule has 1 unspecified atom stereocenters. The third kappa shape index (κ3) is 3.48. The van der Waals surface area contributed by atoms with Crippen LogP contribution in [-0.4, -0.2) is 36.5 Å². The molecule has 0 radical (unpaired) electrons. The van der Waals surface area contributed by atoms with Gasteiger partial charge in [0.05, 0.1) is 18.1 Å². The second-order valence-corrected chi connectivity index (χ2v) is 9.18. The van der Waals surface area contributed by atoms with E-state index in [1.165, 1.54) is 16.8 Å². The Morgan fingerprint density at radius 3 is 2.47 bits per heavy atom. The molecule has 1 atom stereocenters. The van der Waals surface area contributed by atoms with E-state index in [9.17, 15) is 22.8 Å². The summed E-state index contributed by atoms with van der Waals surface area (Å²) in [4.78, 5) is 38.0. The van der Waals surface area contributed by atoms with Crippen LogP contribution in [0.4, 0.5) is 24.8 Å². The summed E-state index contributed by atoms with van der Waals surface area (Å²) in [7, 11) is 0. The van der Waals surface area contributed by atoms with Crippen LogP contribution in [0.15, 0.2) is 30.5 Å². The molecule has 0 saturated carbocycles. The second kappa shape index (κ2) is 7.83. The first-order chi connectivity index (χ1) is 17.2. The Bertz CT molecular complexity index is 1580. The second-order valence-electron chi connectivity index (χ2n) is 9.18. The molecule has 0 fully saturated rings. The van der Waals surface area contributed by atoms with E-state index in [-0.39, 0.29) is 71.0 Å². The number of hydrogen-bond donors (Lipinski definition) is 2. The minimum atomic E-state index is -0.766. The summed E-state index contributed by atoms with van der Waals surface area (Å²) < 4.78 is 44.1. The van der Waals surface area contributed by atoms with E-state index in [4.69, 9.17) is 0 Å². The number of nitrogens with one attached hydrogen (secondary N) is 2. The van der Waals surface area contributed by atoms with Crippen LogP contribution in [0.3, 0.4) is 0 Å². The molecule has 0 spiro atoms. The molecule has 0 bridgehead atoms. The first-order valence-electron chi connectivity index (χ1n) is 11.2. The Labute approximate surface area is 201 Å². The number of carbonyl (C=O) groups excluding carboxylic acids is 2. The van der Waals surface area contributed by atoms with Gasteiger partial charge >= 0.3 is 0 Å². The number of fused-ring (bicyclic) bond motifs is 1. The molecule has 182 valence electrons. The first-order valence-corrected chi connectivity index (χ1v) is 11.2. The highest BCUT2D eigenvalue weighted by atomic mass is 19.1. The van der Waals surface area contributed by atoms with Gasteiger partial charge in [0.2, 0.25) is 11.8 Å². The van der Waals surface area contributed by atoms with E-state index in [1.54, 1.807) is 0 Å². The maximum Gasteiger partial charge on any atom is 0.226 e. The lowest BCUT2D eigenvalue weighted by Gasteiger charge is -2.34. The van der Waals surface area contributed by atoms with Gasteiger partial charge in [0.25, 0.3) is 0 Å². The molecule has 5 heterocycles. The zero-order valence-electron chi connectivity index (χ0n) is 18.9. The predicted molar refractivity (Wildman–Crippen MR) is 122 cm³/mol. The zero-order valence-corrected chi connectivity index (χ0v) is 18.9. The molecule has 0 saturated heterocycles. The molecule has 3 aromatic heterocycles. The molecular formula is C24H18F3N7O2. The minimum absolute atomic E-state index is 0.0133. The van der Waals surface area contributed by atoms with Crippen molar-refractivity contribution in [2.24, 2.45) is 0 Å². The molecule has 2 aliphatic heterocycles. The third-order valence-corrected chi connectivity index (χ3v) is 6.62. The number of benzene rings is 1. The van der Waals surface area contributed by atoms with Gasteiger partial charge in [-0.25, -0.2) is 32.8 Å². The molecule has 1 aromatic carbocycles. The summed E-state index contributed by atoms with van der Waals surface area (Å²) in [5.41, 5.74) is -0.0553. The van der Waals surface area contributed by atoms with E-state index >= 15 is 0 Å². The summed E-state index contributed by atoms with van der Waals surface area (Å²) >= 11 is 0. The maximum absolute atomic E-state index is 14.3. The highest BCUT2D eigenvalue weighted by Crippen LogP contribution is 2.46. The molecule has 9 nitrogen and oxygen atoms in total. The van der Waals surface area contributed by atoms with Gasteiger partial charge in [-0.05, 0) is 24.6 Å². The fraction of sp³-hybridized carbons (Fsp3) is 0.250. The Kier molecular flexibility index (Phi) is 4.82. The van der Waals surface area contributed by atoms with Crippen LogP contribution in [0.25, 0.3) is 22.6 Å². The number of amides is 2. The molecular weight excluding hydrogens is 475 g/mol. The van der Waals surface area contributed by atoms with Gasteiger partial charge in [-0.3, -0.25) is 9.59 Å². The smallest absolute Gasteiger partial charge is 0.226 e. The summed E-state index contributed by atoms with van der Waals surface area (Å²) in [6.07, 6.45) is 1.78. The lowest BCUT2D eigenvalue weighted by atomic mass is 9.74. The molecule has 2 amide bonds. The van der Waals surface area contributed by atoms with Crippen molar-refractivity contribution in [1.29, 1.82) is 0 Å². The summed E-state index contributed by atoms with van der Waals surface area (Å²) in [5, 5.41) is 10.1. The Morgan fingerprint density at radius 1 is 1.06 bits per heavy atom. The van der Waals surface area contributed by atoms with Crippen LogP contribution in [-0.2, 0) is 21.5 Å². The number of carbonyl (C=O) groups is 2. The van der Waals surface area contributed by atoms with Crippen molar-refractivity contribution in [3.8, 4) is 11.5 Å². The summed E-state index contributed by atoms with van der Waals surface area (Å²) in [6, 6.07) is 4.67. The van der Waals surface area contributed by atoms with Crippen molar-refractivity contribution in [1.82, 2.24) is 24.7 Å². The van der Waals surface area contributed by atoms with Gasteiger partial charge in [0.15, 0.2) is 11.5 Å².